The lowest BCUT2D eigenvalue weighted by molar-refractivity contribution is -0.401. The predicted molar refractivity (Wildman–Crippen MR) is 384 cm³/mol. The SMILES string of the molecule is CCCCCCCCCCCCC/C=C/[C@@H](O)[C@H](CO[C@@H]1OC(CO)[C@@H](O[C@@H]2OC(CO)[C@H](O[C@@H]3OC(CO)[C@H](O)[C@H](O)C3NC(C)=O)[C@H](O[C@]3(C(=O)O)CC(O)[C@@H](NC(=O)CO)C([C@H](O)[C@H](O)CO)O3)C2O)[C@H](O)C1O)NC(=O)CCCCCCCCCCCCCCCCCCCCCCCCC. The van der Waals surface area contributed by atoms with E-state index in [9.17, 15) is 95.8 Å². The number of carboxylic acids is 1. The molecule has 4 heterocycles. The number of hydrogen-bond acceptors (Lipinski definition) is 26. The molecular weight excluding hydrogens is 1370 g/mol. The topological polar surface area (TPSA) is 482 Å². The summed E-state index contributed by atoms with van der Waals surface area (Å²) in [6.45, 7) is -0.559. The van der Waals surface area contributed by atoms with Crippen LogP contribution >= 0.6 is 0 Å². The van der Waals surface area contributed by atoms with Crippen LogP contribution in [0.25, 0.3) is 0 Å². The number of rotatable bonds is 58. The van der Waals surface area contributed by atoms with E-state index in [0.29, 0.717) is 12.8 Å². The highest BCUT2D eigenvalue weighted by atomic mass is 16.8. The van der Waals surface area contributed by atoms with E-state index in [1.807, 2.05) is 6.08 Å². The molecule has 23 atom stereocenters. The van der Waals surface area contributed by atoms with Gasteiger partial charge in [-0.15, -0.1) is 0 Å². The third-order valence-electron chi connectivity index (χ3n) is 20.6. The number of unbranched alkanes of at least 4 members (excludes halogenated alkanes) is 33. The van der Waals surface area contributed by atoms with E-state index in [1.54, 1.807) is 6.08 Å². The van der Waals surface area contributed by atoms with Crippen molar-refractivity contribution in [1.29, 1.82) is 0 Å². The van der Waals surface area contributed by atoms with Crippen LogP contribution in [0.5, 0.6) is 0 Å². The van der Waals surface area contributed by atoms with E-state index in [2.05, 4.69) is 29.8 Å². The average molecular weight is 1510 g/mol. The summed E-state index contributed by atoms with van der Waals surface area (Å²) < 4.78 is 47.9. The van der Waals surface area contributed by atoms with Crippen molar-refractivity contribution < 1.29 is 134 Å². The third-order valence-corrected chi connectivity index (χ3v) is 20.6. The zero-order valence-electron chi connectivity index (χ0n) is 62.9. The number of aliphatic hydroxyl groups is 14. The van der Waals surface area contributed by atoms with Crippen LogP contribution in [0.4, 0.5) is 0 Å². The molecule has 30 nitrogen and oxygen atoms in total. The maximum atomic E-state index is 13.6. The fraction of sp³-hybridized carbons (Fsp3) is 0.920. The molecule has 0 aromatic heterocycles. The molecule has 30 heteroatoms. The summed E-state index contributed by atoms with van der Waals surface area (Å²) in [5.41, 5.74) is 0. The summed E-state index contributed by atoms with van der Waals surface area (Å²) >= 11 is 0. The van der Waals surface area contributed by atoms with E-state index in [-0.39, 0.29) is 12.3 Å². The molecule has 105 heavy (non-hydrogen) atoms. The molecular formula is C75H137N3O27. The fourth-order valence-corrected chi connectivity index (χ4v) is 14.2. The van der Waals surface area contributed by atoms with Crippen LogP contribution in [-0.4, -0.2) is 280 Å². The highest BCUT2D eigenvalue weighted by Gasteiger charge is 2.62. The van der Waals surface area contributed by atoms with Gasteiger partial charge in [0.15, 0.2) is 18.9 Å². The number of aliphatic hydroxyl groups excluding tert-OH is 14. The molecule has 0 bridgehead atoms. The zero-order valence-corrected chi connectivity index (χ0v) is 62.9. The average Bonchev–Trinajstić information content (AvgIpc) is 0.750. The van der Waals surface area contributed by atoms with Gasteiger partial charge in [-0.2, -0.15) is 0 Å². The summed E-state index contributed by atoms with van der Waals surface area (Å²) in [6, 6.07) is -4.71. The lowest BCUT2D eigenvalue weighted by Crippen LogP contribution is -2.72. The molecule has 0 radical (unpaired) electrons. The first-order chi connectivity index (χ1) is 50.6. The van der Waals surface area contributed by atoms with Crippen molar-refractivity contribution in [3.63, 3.8) is 0 Å². The molecule has 4 saturated heterocycles. The second-order valence-electron chi connectivity index (χ2n) is 29.3. The maximum Gasteiger partial charge on any atom is 0.364 e. The van der Waals surface area contributed by atoms with Gasteiger partial charge in [0.05, 0.1) is 57.3 Å². The molecule has 3 amide bonds. The lowest BCUT2D eigenvalue weighted by Gasteiger charge is -2.52. The largest absolute Gasteiger partial charge is 0.477 e. The minimum atomic E-state index is -3.34. The Morgan fingerprint density at radius 3 is 1.43 bits per heavy atom. The summed E-state index contributed by atoms with van der Waals surface area (Å²) in [7, 11) is 0. The van der Waals surface area contributed by atoms with Crippen LogP contribution < -0.4 is 16.0 Å². The summed E-state index contributed by atoms with van der Waals surface area (Å²) in [5.74, 6) is -7.85. The number of carbonyl (C=O) groups excluding carboxylic acids is 3. The van der Waals surface area contributed by atoms with E-state index < -0.39 is 204 Å². The highest BCUT2D eigenvalue weighted by Crippen LogP contribution is 2.41. The minimum Gasteiger partial charge on any atom is -0.477 e. The van der Waals surface area contributed by atoms with Crippen molar-refractivity contribution in [2.75, 3.05) is 39.6 Å². The number of carboxylic acid groups (broad SMARTS) is 1. The Morgan fingerprint density at radius 1 is 0.505 bits per heavy atom. The first-order valence-electron chi connectivity index (χ1n) is 39.7. The summed E-state index contributed by atoms with van der Waals surface area (Å²) in [5, 5.41) is 173. The molecule has 4 aliphatic rings. The number of amides is 3. The minimum absolute atomic E-state index is 0.155. The molecule has 18 N–H and O–H groups in total. The number of ether oxygens (including phenoxy) is 8. The van der Waals surface area contributed by atoms with Gasteiger partial charge in [0.2, 0.25) is 17.7 Å². The van der Waals surface area contributed by atoms with Crippen molar-refractivity contribution >= 4 is 23.7 Å². The normalized spacial score (nSPS) is 30.6. The number of aliphatic carboxylic acids is 1. The molecule has 8 unspecified atom stereocenters. The van der Waals surface area contributed by atoms with Crippen LogP contribution in [0.1, 0.15) is 258 Å². The predicted octanol–water partition coefficient (Wildman–Crippen LogP) is 3.23. The quantitative estimate of drug-likeness (QED) is 0.0307. The molecule has 614 valence electrons. The molecule has 4 fully saturated rings. The van der Waals surface area contributed by atoms with Gasteiger partial charge in [-0.1, -0.05) is 231 Å². The van der Waals surface area contributed by atoms with Crippen molar-refractivity contribution in [2.45, 2.75) is 399 Å². The van der Waals surface area contributed by atoms with Gasteiger partial charge in [-0.05, 0) is 19.3 Å². The van der Waals surface area contributed by atoms with Crippen LogP contribution in [0.3, 0.4) is 0 Å². The molecule has 0 aliphatic carbocycles. The van der Waals surface area contributed by atoms with E-state index in [0.717, 1.165) is 58.3 Å². The first kappa shape index (κ1) is 94.1. The Labute approximate surface area is 621 Å². The number of carbonyl (C=O) groups is 4. The molecule has 0 aromatic rings. The zero-order chi connectivity index (χ0) is 77.1. The number of hydrogen-bond donors (Lipinski definition) is 18. The van der Waals surface area contributed by atoms with E-state index in [1.165, 1.54) is 161 Å². The van der Waals surface area contributed by atoms with Crippen molar-refractivity contribution in [3.05, 3.63) is 12.2 Å². The number of allylic oxidation sites excluding steroid dienone is 1. The Kier molecular flexibility index (Phi) is 48.0. The Hall–Kier alpha value is -3.26. The van der Waals surface area contributed by atoms with Gasteiger partial charge in [-0.3, -0.25) is 14.4 Å². The number of nitrogens with one attached hydrogen (secondary N) is 3. The van der Waals surface area contributed by atoms with Crippen molar-refractivity contribution in [3.8, 4) is 0 Å². The maximum absolute atomic E-state index is 13.6. The monoisotopic (exact) mass is 1510 g/mol. The standard InChI is InChI=1S/C75H137N3O27/c1-4-6-8-10-12-14-16-18-19-20-21-22-23-24-25-26-27-29-31-33-35-37-39-41-57(88)77-50(51(85)40-38-36-34-32-30-28-17-15-13-11-9-7-5-2)48-98-72-65(94)64(93)67(55(45-81)100-72)102-73-66(95)70(68(56(46-82)101-73)103-71-60(76-49(3)84)63(92)62(91)54(44-80)99-71)105-75(74(96)97)42-52(86)59(78-58(89)47-83)69(104-75)61(90)53(87)43-79/h38,40,50-56,59-73,79-83,85-87,90-95H,4-37,39,41-48H2,1-3H3,(H,76,84)(H,77,88)(H,78,89)(H,96,97)/b40-38+/t50-,51+,52?,53+,54?,55?,56?,59+,60?,61+,62-,63+,64+,65?,66?,67+,68-,69?,70+,71-,72+,73-,75-/m0/s1. The second-order valence-corrected chi connectivity index (χ2v) is 29.3. The highest BCUT2D eigenvalue weighted by molar-refractivity contribution is 5.78. The molecule has 0 saturated carbocycles. The summed E-state index contributed by atoms with van der Waals surface area (Å²) in [6.07, 6.45) is 5.65. The van der Waals surface area contributed by atoms with Gasteiger partial charge < -0.3 is 130 Å². The van der Waals surface area contributed by atoms with Gasteiger partial charge in [-0.25, -0.2) is 4.79 Å². The third kappa shape index (κ3) is 32.9. The van der Waals surface area contributed by atoms with Crippen LogP contribution in [-0.2, 0) is 57.1 Å². The van der Waals surface area contributed by atoms with Gasteiger partial charge in [0, 0.05) is 19.8 Å². The van der Waals surface area contributed by atoms with Gasteiger partial charge in [0.25, 0.3) is 5.79 Å². The van der Waals surface area contributed by atoms with Crippen LogP contribution in [0.2, 0.25) is 0 Å². The van der Waals surface area contributed by atoms with Gasteiger partial charge in [0.1, 0.15) is 98.1 Å². The van der Waals surface area contributed by atoms with Gasteiger partial charge >= 0.3 is 5.97 Å². The second kappa shape index (κ2) is 53.6. The van der Waals surface area contributed by atoms with E-state index in [4.69, 9.17) is 37.9 Å². The molecule has 0 spiro atoms. The summed E-state index contributed by atoms with van der Waals surface area (Å²) in [4.78, 5) is 52.2. The lowest BCUT2D eigenvalue weighted by atomic mass is 9.88. The Balaban J connectivity index is 1.46. The van der Waals surface area contributed by atoms with E-state index >= 15 is 0 Å². The smallest absolute Gasteiger partial charge is 0.364 e. The van der Waals surface area contributed by atoms with Crippen LogP contribution in [0.15, 0.2) is 12.2 Å². The molecule has 4 aliphatic heterocycles. The Morgan fingerprint density at radius 2 is 0.962 bits per heavy atom. The molecule has 0 aromatic carbocycles. The first-order valence-corrected chi connectivity index (χ1v) is 39.7. The fourth-order valence-electron chi connectivity index (χ4n) is 14.2. The molecule has 4 rings (SSSR count). The van der Waals surface area contributed by atoms with Crippen molar-refractivity contribution in [2.24, 2.45) is 0 Å². The Bertz CT molecular complexity index is 2340. The van der Waals surface area contributed by atoms with Crippen molar-refractivity contribution in [1.82, 2.24) is 16.0 Å². The van der Waals surface area contributed by atoms with Crippen LogP contribution in [0, 0.1) is 0 Å².